The van der Waals surface area contributed by atoms with Gasteiger partial charge in [-0.3, -0.25) is 4.79 Å². The van der Waals surface area contributed by atoms with E-state index in [0.29, 0.717) is 16.9 Å². The number of hydrogen-bond donors (Lipinski definition) is 1. The highest BCUT2D eigenvalue weighted by molar-refractivity contribution is 5.73. The predicted octanol–water partition coefficient (Wildman–Crippen LogP) is 7.53. The molecule has 0 unspecified atom stereocenters. The van der Waals surface area contributed by atoms with E-state index >= 15 is 0 Å². The van der Waals surface area contributed by atoms with Crippen molar-refractivity contribution in [3.63, 3.8) is 0 Å². The number of carbonyl (C=O) groups excluding carboxylic acids is 1. The van der Waals surface area contributed by atoms with Gasteiger partial charge in [0.25, 0.3) is 0 Å². The van der Waals surface area contributed by atoms with Gasteiger partial charge in [0.2, 0.25) is 5.91 Å². The molecule has 4 aliphatic carbocycles. The highest BCUT2D eigenvalue weighted by atomic mass is 16.1. The van der Waals surface area contributed by atoms with Crippen molar-refractivity contribution in [1.82, 2.24) is 5.32 Å². The quantitative estimate of drug-likeness (QED) is 0.436. The highest BCUT2D eigenvalue weighted by Crippen LogP contribution is 2.67. The molecule has 31 heavy (non-hydrogen) atoms. The van der Waals surface area contributed by atoms with Crippen LogP contribution in [0.15, 0.2) is 11.6 Å². The van der Waals surface area contributed by atoms with Gasteiger partial charge in [-0.1, -0.05) is 65.5 Å². The van der Waals surface area contributed by atoms with Crippen molar-refractivity contribution in [2.24, 2.45) is 46.3 Å². The van der Waals surface area contributed by atoms with Gasteiger partial charge in [0.1, 0.15) is 0 Å². The molecule has 0 saturated heterocycles. The maximum atomic E-state index is 11.6. The molecule has 0 aromatic carbocycles. The van der Waals surface area contributed by atoms with Crippen LogP contribution in [0.5, 0.6) is 0 Å². The van der Waals surface area contributed by atoms with E-state index in [1.165, 1.54) is 57.8 Å². The van der Waals surface area contributed by atoms with Crippen LogP contribution in [0.25, 0.3) is 0 Å². The molecule has 0 spiro atoms. The van der Waals surface area contributed by atoms with Crippen LogP contribution in [0.4, 0.5) is 0 Å². The second kappa shape index (κ2) is 8.86. The molecular weight excluding hydrogens is 378 g/mol. The summed E-state index contributed by atoms with van der Waals surface area (Å²) in [6, 6.07) is 0.366. The largest absolute Gasteiger partial charge is 0.353 e. The normalized spacial score (nSPS) is 42.9. The van der Waals surface area contributed by atoms with Crippen molar-refractivity contribution in [2.45, 2.75) is 118 Å². The topological polar surface area (TPSA) is 29.1 Å². The molecule has 0 aromatic heterocycles. The van der Waals surface area contributed by atoms with Crippen molar-refractivity contribution in [3.8, 4) is 0 Å². The lowest BCUT2D eigenvalue weighted by molar-refractivity contribution is -0.120. The zero-order valence-corrected chi connectivity index (χ0v) is 21.3. The average Bonchev–Trinajstić information content (AvgIpc) is 3.05. The Kier molecular flexibility index (Phi) is 6.68. The lowest BCUT2D eigenvalue weighted by atomic mass is 9.47. The van der Waals surface area contributed by atoms with E-state index in [4.69, 9.17) is 0 Å². The minimum Gasteiger partial charge on any atom is -0.353 e. The molecule has 3 fully saturated rings. The molecule has 2 heteroatoms. The van der Waals surface area contributed by atoms with E-state index in [1.54, 1.807) is 12.5 Å². The molecule has 1 amide bonds. The first-order valence-corrected chi connectivity index (χ1v) is 13.6. The molecule has 176 valence electrons. The fraction of sp³-hybridized carbons (Fsp3) is 0.897. The Morgan fingerprint density at radius 2 is 1.84 bits per heavy atom. The number of rotatable bonds is 6. The van der Waals surface area contributed by atoms with Crippen molar-refractivity contribution < 1.29 is 4.79 Å². The summed E-state index contributed by atoms with van der Waals surface area (Å²) < 4.78 is 0. The van der Waals surface area contributed by atoms with Crippen LogP contribution in [0.2, 0.25) is 0 Å². The first-order chi connectivity index (χ1) is 14.6. The Morgan fingerprint density at radius 3 is 2.55 bits per heavy atom. The summed E-state index contributed by atoms with van der Waals surface area (Å²) in [7, 11) is 0. The SMILES string of the molecule is CC(=O)N[C@H]1CC[C@@]2(C)C(=CC[C@@H]3[C@H]4CC[C@@H]([C@@H](C)CCCC(C)C)[C@]4(C)CC[C@H]32)C1. The standard InChI is InChI=1S/C29H49NO/c1-19(2)8-7-9-20(3)25-12-13-26-24-11-10-22-18-23(30-21(4)31)14-16-28(22,5)27(24)15-17-29(25,26)6/h10,19-20,23-27H,7-9,11-18H2,1-6H3,(H,30,31)/t20-,23-,24+,25-,26+,27+,28-,29-/m0/s1. The zero-order valence-electron chi connectivity index (χ0n) is 21.3. The number of nitrogens with one attached hydrogen (secondary N) is 1. The Balaban J connectivity index is 1.47. The Hall–Kier alpha value is -0.790. The second-order valence-corrected chi connectivity index (χ2v) is 12.9. The first-order valence-electron chi connectivity index (χ1n) is 13.6. The van der Waals surface area contributed by atoms with E-state index in [9.17, 15) is 4.79 Å². The number of amides is 1. The molecule has 0 bridgehead atoms. The van der Waals surface area contributed by atoms with E-state index in [-0.39, 0.29) is 5.91 Å². The summed E-state index contributed by atoms with van der Waals surface area (Å²) in [5, 5.41) is 3.21. The monoisotopic (exact) mass is 427 g/mol. The maximum absolute atomic E-state index is 11.6. The Morgan fingerprint density at radius 1 is 1.06 bits per heavy atom. The maximum Gasteiger partial charge on any atom is 0.217 e. The second-order valence-electron chi connectivity index (χ2n) is 12.9. The lowest BCUT2D eigenvalue weighted by Crippen LogP contribution is -2.52. The average molecular weight is 428 g/mol. The molecule has 4 aliphatic rings. The number of hydrogen-bond acceptors (Lipinski definition) is 1. The lowest BCUT2D eigenvalue weighted by Gasteiger charge is -2.58. The molecule has 2 nitrogen and oxygen atoms in total. The summed E-state index contributed by atoms with van der Waals surface area (Å²) in [5.41, 5.74) is 2.65. The summed E-state index contributed by atoms with van der Waals surface area (Å²) in [4.78, 5) is 11.6. The fourth-order valence-corrected chi connectivity index (χ4v) is 9.10. The fourth-order valence-electron chi connectivity index (χ4n) is 9.10. The third-order valence-electron chi connectivity index (χ3n) is 10.7. The molecule has 4 rings (SSSR count). The van der Waals surface area contributed by atoms with Crippen LogP contribution in [0, 0.1) is 46.3 Å². The van der Waals surface area contributed by atoms with E-state index in [2.05, 4.69) is 46.0 Å². The van der Waals surface area contributed by atoms with Crippen molar-refractivity contribution >= 4 is 5.91 Å². The van der Waals surface area contributed by atoms with E-state index < -0.39 is 0 Å². The Labute approximate surface area is 192 Å². The minimum absolute atomic E-state index is 0.135. The van der Waals surface area contributed by atoms with Gasteiger partial charge in [-0.05, 0) is 97.7 Å². The van der Waals surface area contributed by atoms with Crippen molar-refractivity contribution in [2.75, 3.05) is 0 Å². The van der Waals surface area contributed by atoms with Gasteiger partial charge in [0.15, 0.2) is 0 Å². The molecule has 0 aromatic rings. The van der Waals surface area contributed by atoms with Crippen LogP contribution >= 0.6 is 0 Å². The van der Waals surface area contributed by atoms with Gasteiger partial charge in [0.05, 0.1) is 0 Å². The molecule has 0 heterocycles. The van der Waals surface area contributed by atoms with Crippen molar-refractivity contribution in [3.05, 3.63) is 11.6 Å². The van der Waals surface area contributed by atoms with Crippen molar-refractivity contribution in [1.29, 1.82) is 0 Å². The molecule has 8 atom stereocenters. The Bertz CT molecular complexity index is 695. The van der Waals surface area contributed by atoms with Gasteiger partial charge in [-0.25, -0.2) is 0 Å². The molecule has 0 radical (unpaired) electrons. The van der Waals surface area contributed by atoms with Crippen LogP contribution in [0.3, 0.4) is 0 Å². The molecular formula is C29H49NO. The van der Waals surface area contributed by atoms with Gasteiger partial charge < -0.3 is 5.32 Å². The van der Waals surface area contributed by atoms with Crippen LogP contribution in [-0.4, -0.2) is 11.9 Å². The predicted molar refractivity (Wildman–Crippen MR) is 131 cm³/mol. The third-order valence-corrected chi connectivity index (χ3v) is 10.7. The number of fused-ring (bicyclic) bond motifs is 5. The molecule has 1 N–H and O–H groups in total. The van der Waals surface area contributed by atoms with Crippen LogP contribution in [-0.2, 0) is 4.79 Å². The summed E-state index contributed by atoms with van der Waals surface area (Å²) in [5.74, 6) is 5.53. The van der Waals surface area contributed by atoms with E-state index in [0.717, 1.165) is 48.3 Å². The highest BCUT2D eigenvalue weighted by Gasteiger charge is 2.59. The van der Waals surface area contributed by atoms with Gasteiger partial charge in [-0.2, -0.15) is 0 Å². The zero-order chi connectivity index (χ0) is 22.4. The smallest absolute Gasteiger partial charge is 0.217 e. The van der Waals surface area contributed by atoms with E-state index in [1.807, 2.05) is 0 Å². The number of carbonyl (C=O) groups is 1. The molecule has 0 aliphatic heterocycles. The molecule has 3 saturated carbocycles. The minimum atomic E-state index is 0.135. The summed E-state index contributed by atoms with van der Waals surface area (Å²) in [6.45, 7) is 14.3. The van der Waals surface area contributed by atoms with Crippen LogP contribution in [0.1, 0.15) is 112 Å². The first kappa shape index (κ1) is 23.4. The van der Waals surface area contributed by atoms with Gasteiger partial charge >= 0.3 is 0 Å². The summed E-state index contributed by atoms with van der Waals surface area (Å²) in [6.07, 6.45) is 17.6. The summed E-state index contributed by atoms with van der Waals surface area (Å²) >= 11 is 0. The van der Waals surface area contributed by atoms with Gasteiger partial charge in [0, 0.05) is 13.0 Å². The third kappa shape index (κ3) is 4.26. The van der Waals surface area contributed by atoms with Gasteiger partial charge in [-0.15, -0.1) is 0 Å². The van der Waals surface area contributed by atoms with Crippen LogP contribution < -0.4 is 5.32 Å². The number of allylic oxidation sites excluding steroid dienone is 1.